The van der Waals surface area contributed by atoms with Crippen molar-refractivity contribution in [2.75, 3.05) is 5.75 Å². The van der Waals surface area contributed by atoms with E-state index in [4.69, 9.17) is 13.0 Å². The first-order valence-corrected chi connectivity index (χ1v) is 9.58. The van der Waals surface area contributed by atoms with Gasteiger partial charge in [-0.3, -0.25) is 4.79 Å². The SMILES string of the molecule is CC(C)[S+](CC(=O)C(C)(C)C)C(C)C.O=S(=O)([O-])C(F)(F)F. The van der Waals surface area contributed by atoms with Gasteiger partial charge in [-0.05, 0) is 38.6 Å². The van der Waals surface area contributed by atoms with E-state index in [1.165, 1.54) is 0 Å². The van der Waals surface area contributed by atoms with Gasteiger partial charge in [0.2, 0.25) is 0 Å². The third kappa shape index (κ3) is 9.68. The molecule has 0 fully saturated rings. The Hall–Kier alpha value is -0.280. The number of carbonyl (C=O) groups excluding carboxylic acids is 1. The van der Waals surface area contributed by atoms with Crippen LogP contribution in [0.15, 0.2) is 0 Å². The minimum atomic E-state index is -6.09. The van der Waals surface area contributed by atoms with Crippen LogP contribution in [-0.2, 0) is 25.8 Å². The summed E-state index contributed by atoms with van der Waals surface area (Å²) in [5.41, 5.74) is -5.82. The highest BCUT2D eigenvalue weighted by Crippen LogP contribution is 2.21. The van der Waals surface area contributed by atoms with Crippen molar-refractivity contribution in [2.24, 2.45) is 5.41 Å². The molecule has 0 aromatic rings. The van der Waals surface area contributed by atoms with Gasteiger partial charge in [0.05, 0.1) is 0 Å². The predicted molar refractivity (Wildman–Crippen MR) is 82.7 cm³/mol. The highest BCUT2D eigenvalue weighted by atomic mass is 32.2. The van der Waals surface area contributed by atoms with Crippen molar-refractivity contribution >= 4 is 26.8 Å². The maximum Gasteiger partial charge on any atom is 0.485 e. The van der Waals surface area contributed by atoms with Gasteiger partial charge < -0.3 is 4.55 Å². The molecule has 22 heavy (non-hydrogen) atoms. The minimum absolute atomic E-state index is 0.172. The molecule has 134 valence electrons. The minimum Gasteiger partial charge on any atom is -0.741 e. The van der Waals surface area contributed by atoms with Crippen molar-refractivity contribution in [1.29, 1.82) is 0 Å². The van der Waals surface area contributed by atoms with Crippen LogP contribution in [0.3, 0.4) is 0 Å². The van der Waals surface area contributed by atoms with E-state index in [0.717, 1.165) is 5.75 Å². The molecule has 0 aromatic heterocycles. The second-order valence-corrected chi connectivity index (χ2v) is 10.8. The van der Waals surface area contributed by atoms with Gasteiger partial charge >= 0.3 is 5.51 Å². The highest BCUT2D eigenvalue weighted by molar-refractivity contribution is 7.98. The summed E-state index contributed by atoms with van der Waals surface area (Å²) in [6, 6.07) is 0. The number of hydrogen-bond donors (Lipinski definition) is 0. The smallest absolute Gasteiger partial charge is 0.485 e. The van der Waals surface area contributed by atoms with E-state index < -0.39 is 15.6 Å². The lowest BCUT2D eigenvalue weighted by atomic mass is 9.92. The molecule has 0 saturated heterocycles. The van der Waals surface area contributed by atoms with Gasteiger partial charge in [0.25, 0.3) is 0 Å². The largest absolute Gasteiger partial charge is 0.741 e. The van der Waals surface area contributed by atoms with E-state index in [2.05, 4.69) is 27.7 Å². The Morgan fingerprint density at radius 1 is 1.05 bits per heavy atom. The van der Waals surface area contributed by atoms with Crippen LogP contribution >= 0.6 is 0 Å². The van der Waals surface area contributed by atoms with Gasteiger partial charge in [0, 0.05) is 5.41 Å². The van der Waals surface area contributed by atoms with E-state index in [1.807, 2.05) is 20.8 Å². The summed E-state index contributed by atoms with van der Waals surface area (Å²) in [6.45, 7) is 14.9. The number of Topliss-reactive ketones (excluding diaryl/α,β-unsaturated/α-hetero) is 1. The normalized spacial score (nSPS) is 13.4. The second-order valence-electron chi connectivity index (χ2n) is 6.28. The molecule has 0 aliphatic heterocycles. The molecule has 9 heteroatoms. The van der Waals surface area contributed by atoms with Crippen molar-refractivity contribution in [3.8, 4) is 0 Å². The molecule has 0 aliphatic carbocycles. The summed E-state index contributed by atoms with van der Waals surface area (Å²) in [5, 5.41) is 1.25. The van der Waals surface area contributed by atoms with E-state index in [9.17, 15) is 18.0 Å². The Labute approximate surface area is 134 Å². The summed E-state index contributed by atoms with van der Waals surface area (Å²) < 4.78 is 58.9. The van der Waals surface area contributed by atoms with Crippen molar-refractivity contribution < 1.29 is 30.9 Å². The maximum absolute atomic E-state index is 11.9. The van der Waals surface area contributed by atoms with Crippen LogP contribution in [0, 0.1) is 5.41 Å². The molecule has 0 heterocycles. The molecule has 0 aliphatic rings. The number of ketones is 1. The topological polar surface area (TPSA) is 74.3 Å². The molecule has 0 spiro atoms. The number of hydrogen-bond acceptors (Lipinski definition) is 4. The summed E-state index contributed by atoms with van der Waals surface area (Å²) >= 11 is 0. The average Bonchev–Trinajstić information content (AvgIpc) is 2.20. The molecule has 0 bridgehead atoms. The molecule has 0 radical (unpaired) electrons. The third-order valence-corrected chi connectivity index (χ3v) is 6.21. The van der Waals surface area contributed by atoms with E-state index in [-0.39, 0.29) is 16.3 Å². The van der Waals surface area contributed by atoms with Gasteiger partial charge in [-0.25, -0.2) is 8.42 Å². The number of halogens is 3. The van der Waals surface area contributed by atoms with Crippen molar-refractivity contribution in [3.63, 3.8) is 0 Å². The first-order chi connectivity index (χ1) is 9.41. The quantitative estimate of drug-likeness (QED) is 0.435. The third-order valence-electron chi connectivity index (χ3n) is 2.63. The fourth-order valence-corrected chi connectivity index (χ4v) is 3.74. The highest BCUT2D eigenvalue weighted by Gasteiger charge is 2.37. The van der Waals surface area contributed by atoms with Gasteiger partial charge in [-0.2, -0.15) is 13.2 Å². The predicted octanol–water partition coefficient (Wildman–Crippen LogP) is 3.09. The van der Waals surface area contributed by atoms with Crippen LogP contribution in [0.5, 0.6) is 0 Å². The van der Waals surface area contributed by atoms with Crippen molar-refractivity contribution in [2.45, 2.75) is 64.5 Å². The second kappa shape index (κ2) is 8.54. The number of alkyl halides is 3. The standard InChI is InChI=1S/C12H25OS.CHF3O3S/c1-9(2)14(10(3)4)8-11(13)12(5,6)7;2-1(3,4)8(5,6)7/h9-10H,8H2,1-7H3;(H,5,6,7)/q+1;/p-1. The molecule has 0 amide bonds. The maximum atomic E-state index is 11.9. The Morgan fingerprint density at radius 3 is 1.45 bits per heavy atom. The van der Waals surface area contributed by atoms with Crippen LogP contribution in [0.2, 0.25) is 0 Å². The van der Waals surface area contributed by atoms with Crippen LogP contribution in [0.1, 0.15) is 48.5 Å². The number of rotatable bonds is 4. The molecule has 0 unspecified atom stereocenters. The Morgan fingerprint density at radius 2 is 1.32 bits per heavy atom. The van der Waals surface area contributed by atoms with Gasteiger partial charge in [0.15, 0.2) is 21.7 Å². The first-order valence-electron chi connectivity index (χ1n) is 6.65. The van der Waals surface area contributed by atoms with Crippen LogP contribution in [-0.4, -0.2) is 40.5 Å². The lowest BCUT2D eigenvalue weighted by Crippen LogP contribution is -2.36. The zero-order valence-electron chi connectivity index (χ0n) is 13.9. The molecule has 0 rings (SSSR count). The fraction of sp³-hybridized carbons (Fsp3) is 0.923. The summed E-state index contributed by atoms with van der Waals surface area (Å²) in [5.74, 6) is 1.17. The lowest BCUT2D eigenvalue weighted by molar-refractivity contribution is -0.123. The van der Waals surface area contributed by atoms with E-state index in [1.54, 1.807) is 0 Å². The van der Waals surface area contributed by atoms with E-state index >= 15 is 0 Å². The number of carbonyl (C=O) groups is 1. The molecular weight excluding hydrogens is 341 g/mol. The molecule has 0 N–H and O–H groups in total. The van der Waals surface area contributed by atoms with E-state index in [0.29, 0.717) is 16.3 Å². The average molecular weight is 366 g/mol. The zero-order valence-corrected chi connectivity index (χ0v) is 15.6. The van der Waals surface area contributed by atoms with Crippen molar-refractivity contribution in [3.05, 3.63) is 0 Å². The van der Waals surface area contributed by atoms with Crippen LogP contribution in [0.25, 0.3) is 0 Å². The fourth-order valence-electron chi connectivity index (χ4n) is 1.25. The summed E-state index contributed by atoms with van der Waals surface area (Å²) in [6.07, 6.45) is 0. The summed E-state index contributed by atoms with van der Waals surface area (Å²) in [4.78, 5) is 11.9. The van der Waals surface area contributed by atoms with Gasteiger partial charge in [-0.1, -0.05) is 20.8 Å². The van der Waals surface area contributed by atoms with Crippen LogP contribution < -0.4 is 0 Å². The lowest BCUT2D eigenvalue weighted by Gasteiger charge is -2.20. The first kappa shape index (κ1) is 24.0. The molecular formula is C13H25F3O4S2. The molecule has 0 aromatic carbocycles. The van der Waals surface area contributed by atoms with Gasteiger partial charge in [0.1, 0.15) is 10.5 Å². The zero-order chi connectivity index (χ0) is 18.5. The van der Waals surface area contributed by atoms with Gasteiger partial charge in [-0.15, -0.1) is 0 Å². The molecule has 4 nitrogen and oxygen atoms in total. The Kier molecular flexibility index (Phi) is 9.31. The Bertz CT molecular complexity index is 441. The Balaban J connectivity index is 0. The molecule has 0 atom stereocenters. The van der Waals surface area contributed by atoms with Crippen LogP contribution in [0.4, 0.5) is 13.2 Å². The van der Waals surface area contributed by atoms with Crippen molar-refractivity contribution in [1.82, 2.24) is 0 Å². The monoisotopic (exact) mass is 366 g/mol. The molecule has 0 saturated carbocycles. The summed E-state index contributed by atoms with van der Waals surface area (Å²) in [7, 11) is -5.84.